The van der Waals surface area contributed by atoms with E-state index in [1.807, 2.05) is 13.0 Å². The molecule has 2 aromatic carbocycles. The molecule has 0 bridgehead atoms. The van der Waals surface area contributed by atoms with Crippen LogP contribution in [0.15, 0.2) is 41.3 Å². The first-order chi connectivity index (χ1) is 16.2. The van der Waals surface area contributed by atoms with Crippen molar-refractivity contribution in [2.45, 2.75) is 33.5 Å². The molecule has 0 radical (unpaired) electrons. The van der Waals surface area contributed by atoms with Crippen LogP contribution in [0.3, 0.4) is 0 Å². The standard InChI is InChI=1S/C24H23Cl2NO6S/c1-4-31-20-10-15(6-8-19(20)32-13-16-5-7-17(25)18(26)9-16)11-21-23(29)27(24(30)34-21)12-22(28)33-14(2)3/h5-11,14H,4,12-13H2,1-3H3/b21-11+. The summed E-state index contributed by atoms with van der Waals surface area (Å²) in [7, 11) is 0. The zero-order valence-corrected chi connectivity index (χ0v) is 21.1. The zero-order chi connectivity index (χ0) is 24.8. The highest BCUT2D eigenvalue weighted by Gasteiger charge is 2.36. The molecule has 3 rings (SSSR count). The highest BCUT2D eigenvalue weighted by atomic mass is 35.5. The molecule has 34 heavy (non-hydrogen) atoms. The second-order valence-corrected chi connectivity index (χ2v) is 9.29. The SMILES string of the molecule is CCOc1cc(/C=C2/SC(=O)N(CC(=O)OC(C)C)C2=O)ccc1OCc1ccc(Cl)c(Cl)c1. The van der Waals surface area contributed by atoms with Gasteiger partial charge in [-0.3, -0.25) is 19.3 Å². The van der Waals surface area contributed by atoms with Crippen molar-refractivity contribution in [3.8, 4) is 11.5 Å². The van der Waals surface area contributed by atoms with Gasteiger partial charge in [-0.05, 0) is 74.0 Å². The normalized spacial score (nSPS) is 14.8. The number of rotatable bonds is 9. The lowest BCUT2D eigenvalue weighted by atomic mass is 10.1. The van der Waals surface area contributed by atoms with Gasteiger partial charge >= 0.3 is 5.97 Å². The summed E-state index contributed by atoms with van der Waals surface area (Å²) in [5.41, 5.74) is 1.48. The first kappa shape index (κ1) is 25.9. The highest BCUT2D eigenvalue weighted by molar-refractivity contribution is 8.18. The molecule has 1 heterocycles. The maximum Gasteiger partial charge on any atom is 0.326 e. The molecule has 1 fully saturated rings. The van der Waals surface area contributed by atoms with Crippen LogP contribution >= 0.6 is 35.0 Å². The first-order valence-electron chi connectivity index (χ1n) is 10.5. The molecule has 1 saturated heterocycles. The van der Waals surface area contributed by atoms with E-state index in [1.54, 1.807) is 50.3 Å². The molecule has 0 aliphatic carbocycles. The van der Waals surface area contributed by atoms with E-state index in [0.29, 0.717) is 33.7 Å². The maximum atomic E-state index is 12.7. The number of amides is 2. The molecule has 2 aromatic rings. The van der Waals surface area contributed by atoms with Gasteiger partial charge in [0.2, 0.25) is 0 Å². The number of esters is 1. The molecule has 0 N–H and O–H groups in total. The van der Waals surface area contributed by atoms with Crippen LogP contribution in [0.1, 0.15) is 31.9 Å². The minimum Gasteiger partial charge on any atom is -0.490 e. The van der Waals surface area contributed by atoms with Gasteiger partial charge < -0.3 is 14.2 Å². The smallest absolute Gasteiger partial charge is 0.326 e. The monoisotopic (exact) mass is 523 g/mol. The maximum absolute atomic E-state index is 12.7. The number of benzene rings is 2. The molecule has 0 spiro atoms. The summed E-state index contributed by atoms with van der Waals surface area (Å²) in [6.07, 6.45) is 1.24. The fourth-order valence-corrected chi connectivity index (χ4v) is 4.17. The Labute approximate surface area is 211 Å². The Morgan fingerprint density at radius 3 is 2.50 bits per heavy atom. The molecular formula is C24H23Cl2NO6S. The summed E-state index contributed by atoms with van der Waals surface area (Å²) >= 11 is 12.8. The van der Waals surface area contributed by atoms with Gasteiger partial charge in [0.05, 0.1) is 27.7 Å². The van der Waals surface area contributed by atoms with E-state index in [0.717, 1.165) is 22.2 Å². The number of ether oxygens (including phenoxy) is 3. The van der Waals surface area contributed by atoms with E-state index in [9.17, 15) is 14.4 Å². The molecule has 0 unspecified atom stereocenters. The molecule has 0 aromatic heterocycles. The molecular weight excluding hydrogens is 501 g/mol. The average Bonchev–Trinajstić information content (AvgIpc) is 3.02. The quantitative estimate of drug-likeness (QED) is 0.296. The van der Waals surface area contributed by atoms with E-state index in [2.05, 4.69) is 0 Å². The van der Waals surface area contributed by atoms with Crippen LogP contribution in [0.5, 0.6) is 11.5 Å². The third kappa shape index (κ3) is 6.68. The number of nitrogens with zero attached hydrogens (tertiary/aromatic N) is 1. The van der Waals surface area contributed by atoms with Crippen molar-refractivity contribution in [3.05, 3.63) is 62.5 Å². The van der Waals surface area contributed by atoms with E-state index >= 15 is 0 Å². The van der Waals surface area contributed by atoms with Crippen molar-refractivity contribution in [2.24, 2.45) is 0 Å². The van der Waals surface area contributed by atoms with Crippen molar-refractivity contribution < 1.29 is 28.6 Å². The molecule has 0 saturated carbocycles. The van der Waals surface area contributed by atoms with Crippen molar-refractivity contribution in [3.63, 3.8) is 0 Å². The van der Waals surface area contributed by atoms with Crippen LogP contribution in [0, 0.1) is 0 Å². The van der Waals surface area contributed by atoms with E-state index in [4.69, 9.17) is 37.4 Å². The van der Waals surface area contributed by atoms with Crippen LogP contribution in [-0.4, -0.2) is 41.3 Å². The van der Waals surface area contributed by atoms with Crippen LogP contribution in [-0.2, 0) is 20.9 Å². The Balaban J connectivity index is 1.75. The Bertz CT molecular complexity index is 1130. The fourth-order valence-electron chi connectivity index (χ4n) is 3.01. The molecule has 180 valence electrons. The number of imide groups is 1. The highest BCUT2D eigenvalue weighted by Crippen LogP contribution is 2.35. The van der Waals surface area contributed by atoms with Crippen molar-refractivity contribution in [2.75, 3.05) is 13.2 Å². The van der Waals surface area contributed by atoms with Gasteiger partial charge in [0.1, 0.15) is 13.2 Å². The molecule has 1 aliphatic heterocycles. The third-order valence-corrected chi connectivity index (χ3v) is 6.12. The lowest BCUT2D eigenvalue weighted by Crippen LogP contribution is -2.35. The van der Waals surface area contributed by atoms with Gasteiger partial charge in [0.25, 0.3) is 11.1 Å². The molecule has 2 amide bonds. The minimum atomic E-state index is -0.638. The Morgan fingerprint density at radius 1 is 1.06 bits per heavy atom. The number of hydrogen-bond donors (Lipinski definition) is 0. The van der Waals surface area contributed by atoms with Crippen molar-refractivity contribution in [1.82, 2.24) is 4.90 Å². The van der Waals surface area contributed by atoms with Crippen molar-refractivity contribution in [1.29, 1.82) is 0 Å². The lowest BCUT2D eigenvalue weighted by molar-refractivity contribution is -0.149. The van der Waals surface area contributed by atoms with E-state index in [1.165, 1.54) is 0 Å². The average molecular weight is 524 g/mol. The number of hydrogen-bond acceptors (Lipinski definition) is 7. The van der Waals surface area contributed by atoms with Crippen LogP contribution in [0.25, 0.3) is 6.08 Å². The second-order valence-electron chi connectivity index (χ2n) is 7.48. The molecule has 0 atom stereocenters. The predicted octanol–water partition coefficient (Wildman–Crippen LogP) is 5.96. The number of carbonyl (C=O) groups excluding carboxylic acids is 3. The van der Waals surface area contributed by atoms with Crippen LogP contribution in [0.2, 0.25) is 10.0 Å². The Kier molecular flexibility index (Phi) is 8.88. The summed E-state index contributed by atoms with van der Waals surface area (Å²) in [5.74, 6) is -0.195. The predicted molar refractivity (Wildman–Crippen MR) is 132 cm³/mol. The van der Waals surface area contributed by atoms with E-state index < -0.39 is 23.7 Å². The first-order valence-corrected chi connectivity index (χ1v) is 12.0. The topological polar surface area (TPSA) is 82.1 Å². The van der Waals surface area contributed by atoms with Crippen molar-refractivity contribution >= 4 is 58.2 Å². The van der Waals surface area contributed by atoms with Gasteiger partial charge in [-0.25, -0.2) is 0 Å². The molecule has 10 heteroatoms. The summed E-state index contributed by atoms with van der Waals surface area (Å²) < 4.78 is 16.6. The van der Waals surface area contributed by atoms with Crippen LogP contribution < -0.4 is 9.47 Å². The lowest BCUT2D eigenvalue weighted by Gasteiger charge is -2.14. The summed E-state index contributed by atoms with van der Waals surface area (Å²) in [4.78, 5) is 37.9. The summed E-state index contributed by atoms with van der Waals surface area (Å²) in [6.45, 7) is 5.46. The fraction of sp³-hybridized carbons (Fsp3) is 0.292. The Morgan fingerprint density at radius 2 is 1.82 bits per heavy atom. The Hall–Kier alpha value is -2.68. The zero-order valence-electron chi connectivity index (χ0n) is 18.8. The van der Waals surface area contributed by atoms with Gasteiger partial charge in [-0.1, -0.05) is 35.3 Å². The van der Waals surface area contributed by atoms with Gasteiger partial charge in [-0.15, -0.1) is 0 Å². The van der Waals surface area contributed by atoms with Gasteiger partial charge in [-0.2, -0.15) is 0 Å². The minimum absolute atomic E-state index is 0.203. The number of halogens is 2. The number of carbonyl (C=O) groups is 3. The summed E-state index contributed by atoms with van der Waals surface area (Å²) in [6, 6.07) is 10.4. The van der Waals surface area contributed by atoms with Gasteiger partial charge in [0, 0.05) is 0 Å². The van der Waals surface area contributed by atoms with Gasteiger partial charge in [0.15, 0.2) is 11.5 Å². The second kappa shape index (κ2) is 11.6. The number of thioether (sulfide) groups is 1. The van der Waals surface area contributed by atoms with Crippen LogP contribution in [0.4, 0.5) is 4.79 Å². The molecule has 1 aliphatic rings. The van der Waals surface area contributed by atoms with E-state index in [-0.39, 0.29) is 17.6 Å². The molecule has 7 nitrogen and oxygen atoms in total. The third-order valence-electron chi connectivity index (χ3n) is 4.47. The largest absolute Gasteiger partial charge is 0.490 e. The summed E-state index contributed by atoms with van der Waals surface area (Å²) in [5, 5.41) is 0.379.